The molecule has 0 spiro atoms. The minimum absolute atomic E-state index is 0.679. The van der Waals surface area contributed by atoms with E-state index in [0.717, 1.165) is 10.6 Å². The predicted octanol–water partition coefficient (Wildman–Crippen LogP) is 2.93. The maximum atomic E-state index is 8.37. The molecule has 0 saturated carbocycles. The summed E-state index contributed by atoms with van der Waals surface area (Å²) in [5.74, 6) is 0. The van der Waals surface area contributed by atoms with E-state index in [9.17, 15) is 0 Å². The van der Waals surface area contributed by atoms with Crippen molar-refractivity contribution in [2.75, 3.05) is 0 Å². The molecule has 0 aliphatic rings. The minimum Gasteiger partial charge on any atom is -0.411 e. The zero-order chi connectivity index (χ0) is 10.7. The lowest BCUT2D eigenvalue weighted by Crippen LogP contribution is -1.81. The summed E-state index contributed by atoms with van der Waals surface area (Å²) in [4.78, 5) is 4.31. The minimum atomic E-state index is 0.679. The molecule has 1 heterocycles. The fraction of sp³-hybridized carbons (Fsp3) is 0.0909. The quantitative estimate of drug-likeness (QED) is 0.478. The van der Waals surface area contributed by atoms with Crippen LogP contribution in [0.15, 0.2) is 34.8 Å². The largest absolute Gasteiger partial charge is 0.411 e. The Morgan fingerprint density at radius 2 is 2.07 bits per heavy atom. The van der Waals surface area contributed by atoms with Gasteiger partial charge in [-0.25, -0.2) is 4.98 Å². The van der Waals surface area contributed by atoms with Crippen molar-refractivity contribution in [3.05, 3.63) is 40.9 Å². The molecule has 76 valence electrons. The highest BCUT2D eigenvalue weighted by Gasteiger charge is 2.02. The van der Waals surface area contributed by atoms with Crippen LogP contribution < -0.4 is 0 Å². The summed E-state index contributed by atoms with van der Waals surface area (Å²) >= 11 is 1.53. The third kappa shape index (κ3) is 2.22. The molecule has 0 unspecified atom stereocenters. The highest BCUT2D eigenvalue weighted by atomic mass is 32.1. The predicted molar refractivity (Wildman–Crippen MR) is 61.7 cm³/mol. The molecule has 0 bridgehead atoms. The summed E-state index contributed by atoms with van der Waals surface area (Å²) in [6.07, 6.45) is 1.33. The van der Waals surface area contributed by atoms with Gasteiger partial charge in [0.1, 0.15) is 5.01 Å². The van der Waals surface area contributed by atoms with E-state index in [0.29, 0.717) is 5.69 Å². The fourth-order valence-electron chi connectivity index (χ4n) is 1.23. The Bertz CT molecular complexity index is 474. The van der Waals surface area contributed by atoms with E-state index in [4.69, 9.17) is 5.21 Å². The van der Waals surface area contributed by atoms with Crippen LogP contribution in [0.3, 0.4) is 0 Å². The Labute approximate surface area is 91.7 Å². The van der Waals surface area contributed by atoms with E-state index in [1.165, 1.54) is 23.1 Å². The molecule has 0 amide bonds. The normalized spacial score (nSPS) is 11.0. The van der Waals surface area contributed by atoms with E-state index in [1.807, 2.05) is 17.5 Å². The first-order valence-corrected chi connectivity index (χ1v) is 5.37. The second kappa shape index (κ2) is 4.23. The molecule has 0 atom stereocenters. The number of rotatable bonds is 2. The summed E-state index contributed by atoms with van der Waals surface area (Å²) in [5.41, 5.74) is 2.99. The van der Waals surface area contributed by atoms with Crippen molar-refractivity contribution in [2.24, 2.45) is 5.16 Å². The van der Waals surface area contributed by atoms with E-state index >= 15 is 0 Å². The molecule has 15 heavy (non-hydrogen) atoms. The Morgan fingerprint density at radius 3 is 2.73 bits per heavy atom. The third-order valence-corrected chi connectivity index (χ3v) is 2.92. The van der Waals surface area contributed by atoms with Crippen molar-refractivity contribution in [2.45, 2.75) is 6.92 Å². The van der Waals surface area contributed by atoms with Crippen LogP contribution in [0.2, 0.25) is 0 Å². The van der Waals surface area contributed by atoms with Gasteiger partial charge in [0.25, 0.3) is 0 Å². The summed E-state index contributed by atoms with van der Waals surface area (Å²) in [7, 11) is 0. The van der Waals surface area contributed by atoms with Crippen LogP contribution in [-0.4, -0.2) is 16.4 Å². The van der Waals surface area contributed by atoms with Crippen molar-refractivity contribution >= 4 is 17.6 Å². The Morgan fingerprint density at radius 1 is 1.33 bits per heavy atom. The van der Waals surface area contributed by atoms with Crippen molar-refractivity contribution in [3.63, 3.8) is 0 Å². The molecule has 0 aliphatic carbocycles. The second-order valence-corrected chi connectivity index (χ2v) is 4.05. The second-order valence-electron chi connectivity index (χ2n) is 3.19. The average molecular weight is 218 g/mol. The molecule has 0 fully saturated rings. The van der Waals surface area contributed by atoms with Gasteiger partial charge in [0, 0.05) is 10.9 Å². The molecule has 3 nitrogen and oxygen atoms in total. The molecule has 1 aromatic carbocycles. The molecule has 1 aromatic heterocycles. The number of thiazole rings is 1. The molecule has 0 radical (unpaired) electrons. The van der Waals surface area contributed by atoms with Crippen LogP contribution in [0, 0.1) is 6.92 Å². The number of hydrogen-bond donors (Lipinski definition) is 1. The lowest BCUT2D eigenvalue weighted by atomic mass is 10.2. The van der Waals surface area contributed by atoms with Crippen LogP contribution in [0.1, 0.15) is 11.3 Å². The standard InChI is InChI=1S/C11H10N2OS/c1-8-2-4-9(5-3-8)11-13-10(6-12-14)7-15-11/h2-7,14H,1H3. The van der Waals surface area contributed by atoms with Crippen LogP contribution >= 0.6 is 11.3 Å². The molecule has 4 heteroatoms. The van der Waals surface area contributed by atoms with Crippen molar-refractivity contribution in [1.29, 1.82) is 0 Å². The van der Waals surface area contributed by atoms with Gasteiger partial charge in [-0.2, -0.15) is 0 Å². The first-order chi connectivity index (χ1) is 7.29. The fourth-order valence-corrected chi connectivity index (χ4v) is 2.01. The lowest BCUT2D eigenvalue weighted by molar-refractivity contribution is 0.321. The first-order valence-electron chi connectivity index (χ1n) is 4.49. The zero-order valence-electron chi connectivity index (χ0n) is 8.21. The van der Waals surface area contributed by atoms with Crippen molar-refractivity contribution in [1.82, 2.24) is 4.98 Å². The van der Waals surface area contributed by atoms with Crippen LogP contribution in [0.25, 0.3) is 10.6 Å². The van der Waals surface area contributed by atoms with Crippen molar-refractivity contribution < 1.29 is 5.21 Å². The third-order valence-electron chi connectivity index (χ3n) is 2.01. The topological polar surface area (TPSA) is 45.5 Å². The van der Waals surface area contributed by atoms with E-state index < -0.39 is 0 Å². The maximum Gasteiger partial charge on any atom is 0.124 e. The van der Waals surface area contributed by atoms with Gasteiger partial charge in [0.2, 0.25) is 0 Å². The molecule has 0 aliphatic heterocycles. The van der Waals surface area contributed by atoms with Gasteiger partial charge in [-0.15, -0.1) is 11.3 Å². The highest BCUT2D eigenvalue weighted by Crippen LogP contribution is 2.23. The van der Waals surface area contributed by atoms with E-state index in [-0.39, 0.29) is 0 Å². The number of aryl methyl sites for hydroxylation is 1. The van der Waals surface area contributed by atoms with E-state index in [1.54, 1.807) is 0 Å². The van der Waals surface area contributed by atoms with Crippen LogP contribution in [-0.2, 0) is 0 Å². The van der Waals surface area contributed by atoms with Crippen LogP contribution in [0.5, 0.6) is 0 Å². The SMILES string of the molecule is Cc1ccc(-c2nc(C=NO)cs2)cc1. The Balaban J connectivity index is 2.33. The van der Waals surface area contributed by atoms with Gasteiger partial charge in [-0.1, -0.05) is 35.0 Å². The summed E-state index contributed by atoms with van der Waals surface area (Å²) in [5, 5.41) is 14.1. The summed E-state index contributed by atoms with van der Waals surface area (Å²) in [6.45, 7) is 2.05. The van der Waals surface area contributed by atoms with Gasteiger partial charge < -0.3 is 5.21 Å². The number of oxime groups is 1. The lowest BCUT2D eigenvalue weighted by Gasteiger charge is -1.95. The molecule has 2 rings (SSSR count). The Hall–Kier alpha value is -1.68. The Kier molecular flexibility index (Phi) is 2.78. The molecular formula is C11H10N2OS. The number of aromatic nitrogens is 1. The van der Waals surface area contributed by atoms with Gasteiger partial charge in [0.15, 0.2) is 0 Å². The summed E-state index contributed by atoms with van der Waals surface area (Å²) in [6, 6.07) is 8.18. The highest BCUT2D eigenvalue weighted by molar-refractivity contribution is 7.13. The van der Waals surface area contributed by atoms with E-state index in [2.05, 4.69) is 29.2 Å². The molecule has 0 saturated heterocycles. The monoisotopic (exact) mass is 218 g/mol. The summed E-state index contributed by atoms with van der Waals surface area (Å²) < 4.78 is 0. The van der Waals surface area contributed by atoms with Gasteiger partial charge >= 0.3 is 0 Å². The number of benzene rings is 1. The van der Waals surface area contributed by atoms with Crippen LogP contribution in [0.4, 0.5) is 0 Å². The van der Waals surface area contributed by atoms with Gasteiger partial charge in [0.05, 0.1) is 11.9 Å². The van der Waals surface area contributed by atoms with Gasteiger partial charge in [-0.3, -0.25) is 0 Å². The number of hydrogen-bond acceptors (Lipinski definition) is 4. The first kappa shape index (κ1) is 9.86. The molecule has 1 N–H and O–H groups in total. The van der Waals surface area contributed by atoms with Gasteiger partial charge in [-0.05, 0) is 6.92 Å². The van der Waals surface area contributed by atoms with Crippen molar-refractivity contribution in [3.8, 4) is 10.6 Å². The average Bonchev–Trinajstić information content (AvgIpc) is 2.68. The molecular weight excluding hydrogens is 208 g/mol. The smallest absolute Gasteiger partial charge is 0.124 e. The molecule has 2 aromatic rings. The zero-order valence-corrected chi connectivity index (χ0v) is 9.03. The number of nitrogens with zero attached hydrogens (tertiary/aromatic N) is 2. The maximum absolute atomic E-state index is 8.37.